The lowest BCUT2D eigenvalue weighted by Gasteiger charge is -2.10. The van der Waals surface area contributed by atoms with Crippen LogP contribution in [0.15, 0.2) is 46.3 Å². The third-order valence-corrected chi connectivity index (χ3v) is 4.29. The van der Waals surface area contributed by atoms with E-state index in [1.807, 2.05) is 0 Å². The Hall–Kier alpha value is -3.39. The zero-order valence-electron chi connectivity index (χ0n) is 15.4. The van der Waals surface area contributed by atoms with Gasteiger partial charge in [0.1, 0.15) is 0 Å². The molecule has 0 spiro atoms. The molecule has 8 nitrogen and oxygen atoms in total. The first-order valence-electron chi connectivity index (χ1n) is 8.17. The number of aryl methyl sites for hydroxylation is 1. The summed E-state index contributed by atoms with van der Waals surface area (Å²) in [5.41, 5.74) is 2.82. The highest BCUT2D eigenvalue weighted by atomic mass is 35.5. The summed E-state index contributed by atoms with van der Waals surface area (Å²) in [6, 6.07) is 10.1. The van der Waals surface area contributed by atoms with Gasteiger partial charge in [-0.05, 0) is 23.8 Å². The van der Waals surface area contributed by atoms with Crippen LogP contribution in [0.2, 0.25) is 5.02 Å². The van der Waals surface area contributed by atoms with Gasteiger partial charge >= 0.3 is 0 Å². The first-order chi connectivity index (χ1) is 13.5. The average Bonchev–Trinajstić information content (AvgIpc) is 2.70. The molecule has 3 aromatic rings. The highest BCUT2D eigenvalue weighted by Gasteiger charge is 2.15. The van der Waals surface area contributed by atoms with E-state index in [-0.39, 0.29) is 11.3 Å². The van der Waals surface area contributed by atoms with E-state index in [1.165, 1.54) is 27.5 Å². The van der Waals surface area contributed by atoms with Gasteiger partial charge in [-0.15, -0.1) is 0 Å². The second-order valence-electron chi connectivity index (χ2n) is 5.76. The molecule has 0 unspecified atom stereocenters. The number of halogens is 1. The van der Waals surface area contributed by atoms with Crippen LogP contribution in [0.3, 0.4) is 0 Å². The van der Waals surface area contributed by atoms with Gasteiger partial charge < -0.3 is 9.47 Å². The lowest BCUT2D eigenvalue weighted by molar-refractivity contribution is 0.0950. The summed E-state index contributed by atoms with van der Waals surface area (Å²) in [6.07, 6.45) is 1.41. The first kappa shape index (κ1) is 19.4. The number of fused-ring (bicyclic) bond motifs is 1. The molecular formula is C19H17ClN4O4. The number of nitrogens with zero attached hydrogens (tertiary/aromatic N) is 3. The molecule has 0 radical (unpaired) electrons. The van der Waals surface area contributed by atoms with Crippen LogP contribution in [0.5, 0.6) is 11.5 Å². The molecule has 1 aromatic heterocycles. The molecule has 0 bridgehead atoms. The molecule has 2 aromatic carbocycles. The van der Waals surface area contributed by atoms with Crippen LogP contribution in [-0.2, 0) is 7.05 Å². The summed E-state index contributed by atoms with van der Waals surface area (Å²) >= 11 is 6.15. The number of benzene rings is 2. The van der Waals surface area contributed by atoms with Gasteiger partial charge in [-0.25, -0.2) is 10.1 Å². The fourth-order valence-corrected chi connectivity index (χ4v) is 2.99. The number of ether oxygens (including phenoxy) is 2. The molecule has 1 heterocycles. The normalized spacial score (nSPS) is 11.0. The molecule has 9 heteroatoms. The average molecular weight is 401 g/mol. The maximum Gasteiger partial charge on any atom is 0.292 e. The number of hydrogen-bond acceptors (Lipinski definition) is 6. The highest BCUT2D eigenvalue weighted by Crippen LogP contribution is 2.35. The van der Waals surface area contributed by atoms with E-state index >= 15 is 0 Å². The number of aromatic nitrogens is 2. The Kier molecular flexibility index (Phi) is 5.60. The summed E-state index contributed by atoms with van der Waals surface area (Å²) in [6.45, 7) is 0. The molecule has 144 valence electrons. The third kappa shape index (κ3) is 3.67. The Morgan fingerprint density at radius 1 is 1.21 bits per heavy atom. The van der Waals surface area contributed by atoms with E-state index in [2.05, 4.69) is 15.6 Å². The Morgan fingerprint density at radius 3 is 2.61 bits per heavy atom. The molecule has 0 aliphatic heterocycles. The number of rotatable bonds is 5. The lowest BCUT2D eigenvalue weighted by Crippen LogP contribution is -2.27. The number of hydrogen-bond donors (Lipinski definition) is 1. The van der Waals surface area contributed by atoms with Gasteiger partial charge in [0.25, 0.3) is 11.5 Å². The maximum atomic E-state index is 12.5. The zero-order chi connectivity index (χ0) is 20.3. The van der Waals surface area contributed by atoms with E-state index in [1.54, 1.807) is 36.4 Å². The van der Waals surface area contributed by atoms with Crippen molar-refractivity contribution in [3.05, 3.63) is 63.0 Å². The van der Waals surface area contributed by atoms with E-state index in [9.17, 15) is 9.59 Å². The molecule has 3 rings (SSSR count). The second kappa shape index (κ2) is 8.10. The van der Waals surface area contributed by atoms with E-state index in [0.717, 1.165) is 4.68 Å². The van der Waals surface area contributed by atoms with Crippen molar-refractivity contribution in [3.8, 4) is 11.5 Å². The Balaban J connectivity index is 1.87. The number of nitrogens with one attached hydrogen (secondary N) is 1. The van der Waals surface area contributed by atoms with Crippen molar-refractivity contribution >= 4 is 34.5 Å². The smallest absolute Gasteiger partial charge is 0.292 e. The minimum absolute atomic E-state index is 0.0974. The zero-order valence-corrected chi connectivity index (χ0v) is 16.1. The van der Waals surface area contributed by atoms with E-state index in [0.29, 0.717) is 32.9 Å². The quantitative estimate of drug-likeness (QED) is 0.524. The molecule has 0 saturated heterocycles. The topological polar surface area (TPSA) is 94.8 Å². The lowest BCUT2D eigenvalue weighted by atomic mass is 10.1. The Bertz CT molecular complexity index is 1140. The predicted molar refractivity (Wildman–Crippen MR) is 107 cm³/mol. The van der Waals surface area contributed by atoms with Gasteiger partial charge in [0.05, 0.1) is 30.8 Å². The van der Waals surface area contributed by atoms with Crippen LogP contribution in [0, 0.1) is 0 Å². The van der Waals surface area contributed by atoms with Crippen molar-refractivity contribution in [1.29, 1.82) is 0 Å². The summed E-state index contributed by atoms with van der Waals surface area (Å²) in [4.78, 5) is 24.7. The summed E-state index contributed by atoms with van der Waals surface area (Å²) in [7, 11) is 4.47. The number of hydrazone groups is 1. The van der Waals surface area contributed by atoms with Crippen molar-refractivity contribution in [2.75, 3.05) is 14.2 Å². The SMILES string of the molecule is COc1cc(/C=N\NC(=O)c2nn(C)c(=O)c3ccccc23)cc(Cl)c1OC. The van der Waals surface area contributed by atoms with E-state index in [4.69, 9.17) is 21.1 Å². The monoisotopic (exact) mass is 400 g/mol. The fourth-order valence-electron chi connectivity index (χ4n) is 2.70. The van der Waals surface area contributed by atoms with Crippen molar-refractivity contribution in [1.82, 2.24) is 15.2 Å². The van der Waals surface area contributed by atoms with Crippen LogP contribution < -0.4 is 20.5 Å². The van der Waals surface area contributed by atoms with Crippen molar-refractivity contribution < 1.29 is 14.3 Å². The number of carbonyl (C=O) groups is 1. The fraction of sp³-hybridized carbons (Fsp3) is 0.158. The minimum Gasteiger partial charge on any atom is -0.493 e. The van der Waals surface area contributed by atoms with Gasteiger partial charge in [0.2, 0.25) is 0 Å². The maximum absolute atomic E-state index is 12.5. The molecule has 28 heavy (non-hydrogen) atoms. The first-order valence-corrected chi connectivity index (χ1v) is 8.55. The van der Waals surface area contributed by atoms with Gasteiger partial charge in [-0.1, -0.05) is 29.8 Å². The molecular weight excluding hydrogens is 384 g/mol. The largest absolute Gasteiger partial charge is 0.493 e. The van der Waals surface area contributed by atoms with Gasteiger partial charge in [0.15, 0.2) is 17.2 Å². The van der Waals surface area contributed by atoms with Gasteiger partial charge in [-0.3, -0.25) is 9.59 Å². The molecule has 1 N–H and O–H groups in total. The highest BCUT2D eigenvalue weighted by molar-refractivity contribution is 6.32. The standard InChI is InChI=1S/C19H17ClN4O4/c1-24-19(26)13-7-5-4-6-12(13)16(23-24)18(25)22-21-10-11-8-14(20)17(28-3)15(9-11)27-2/h4-10H,1-3H3,(H,22,25)/b21-10-. The van der Waals surface area contributed by atoms with E-state index < -0.39 is 5.91 Å². The molecule has 0 atom stereocenters. The molecule has 0 aliphatic carbocycles. The van der Waals surface area contributed by atoms with Crippen LogP contribution in [0.1, 0.15) is 16.1 Å². The van der Waals surface area contributed by atoms with Crippen molar-refractivity contribution in [2.24, 2.45) is 12.1 Å². The molecule has 1 amide bonds. The summed E-state index contributed by atoms with van der Waals surface area (Å²) in [5, 5.41) is 9.20. The number of amides is 1. The molecule has 0 fully saturated rings. The summed E-state index contributed by atoms with van der Waals surface area (Å²) < 4.78 is 11.5. The third-order valence-electron chi connectivity index (χ3n) is 4.01. The molecule has 0 aliphatic rings. The van der Waals surface area contributed by atoms with Crippen LogP contribution in [0.4, 0.5) is 0 Å². The Morgan fingerprint density at radius 2 is 1.93 bits per heavy atom. The predicted octanol–water partition coefficient (Wildman–Crippen LogP) is 2.37. The Labute approximate surface area is 165 Å². The van der Waals surface area contributed by atoms with Crippen molar-refractivity contribution in [3.63, 3.8) is 0 Å². The number of methoxy groups -OCH3 is 2. The van der Waals surface area contributed by atoms with Gasteiger partial charge in [-0.2, -0.15) is 10.2 Å². The van der Waals surface area contributed by atoms with Crippen molar-refractivity contribution in [2.45, 2.75) is 0 Å². The van der Waals surface area contributed by atoms with Gasteiger partial charge in [0, 0.05) is 12.4 Å². The van der Waals surface area contributed by atoms with Crippen LogP contribution in [-0.4, -0.2) is 36.1 Å². The summed E-state index contributed by atoms with van der Waals surface area (Å²) in [5.74, 6) is 0.300. The number of carbonyl (C=O) groups excluding carboxylic acids is 1. The van der Waals surface area contributed by atoms with Crippen LogP contribution in [0.25, 0.3) is 10.8 Å². The minimum atomic E-state index is -0.547. The second-order valence-corrected chi connectivity index (χ2v) is 6.17. The van der Waals surface area contributed by atoms with Crippen LogP contribution >= 0.6 is 11.6 Å². The molecule has 0 saturated carbocycles.